The second kappa shape index (κ2) is 10.9. The molecule has 2 amide bonds. The first-order chi connectivity index (χ1) is 16.5. The van der Waals surface area contributed by atoms with Crippen LogP contribution in [0.5, 0.6) is 0 Å². The summed E-state index contributed by atoms with van der Waals surface area (Å²) in [5, 5.41) is 4.89. The molecule has 0 saturated heterocycles. The van der Waals surface area contributed by atoms with Gasteiger partial charge in [-0.1, -0.05) is 60.7 Å². The van der Waals surface area contributed by atoms with Crippen LogP contribution in [0, 0.1) is 12.7 Å². The summed E-state index contributed by atoms with van der Waals surface area (Å²) in [6.45, 7) is 2.26. The molecule has 172 valence electrons. The van der Waals surface area contributed by atoms with Crippen molar-refractivity contribution in [3.8, 4) is 0 Å². The molecule has 1 N–H and O–H groups in total. The van der Waals surface area contributed by atoms with E-state index in [4.69, 9.17) is 0 Å². The van der Waals surface area contributed by atoms with Crippen LogP contribution in [-0.4, -0.2) is 11.8 Å². The Bertz CT molecular complexity index is 1240. The first-order valence-electron chi connectivity index (χ1n) is 11.0. The number of nitrogens with zero attached hydrogens (tertiary/aromatic N) is 1. The van der Waals surface area contributed by atoms with Gasteiger partial charge in [-0.3, -0.25) is 14.5 Å². The summed E-state index contributed by atoms with van der Waals surface area (Å²) in [4.78, 5) is 29.7. The van der Waals surface area contributed by atoms with Crippen LogP contribution < -0.4 is 10.2 Å². The van der Waals surface area contributed by atoms with E-state index in [1.165, 1.54) is 28.4 Å². The minimum Gasteiger partial charge on any atom is -0.350 e. The molecule has 1 aromatic heterocycles. The van der Waals surface area contributed by atoms with Crippen molar-refractivity contribution in [3.05, 3.63) is 124 Å². The lowest BCUT2D eigenvalue weighted by molar-refractivity contribution is -0.126. The van der Waals surface area contributed by atoms with Gasteiger partial charge < -0.3 is 5.32 Å². The van der Waals surface area contributed by atoms with Crippen LogP contribution in [0.1, 0.15) is 27.6 Å². The fourth-order valence-corrected chi connectivity index (χ4v) is 4.50. The molecular weight excluding hydrogens is 447 g/mol. The summed E-state index contributed by atoms with van der Waals surface area (Å²) in [6.07, 6.45) is 0.162. The van der Waals surface area contributed by atoms with E-state index >= 15 is 0 Å². The zero-order valence-corrected chi connectivity index (χ0v) is 19.6. The Morgan fingerprint density at radius 1 is 0.941 bits per heavy atom. The Kier molecular flexibility index (Phi) is 7.50. The van der Waals surface area contributed by atoms with E-state index in [0.717, 1.165) is 16.0 Å². The van der Waals surface area contributed by atoms with Crippen molar-refractivity contribution >= 4 is 28.8 Å². The third kappa shape index (κ3) is 5.77. The number of carbonyl (C=O) groups excluding carboxylic acids is 2. The van der Waals surface area contributed by atoms with Crippen LogP contribution in [0.4, 0.5) is 10.1 Å². The Balaban J connectivity index is 1.73. The average molecular weight is 473 g/mol. The Labute approximate surface area is 202 Å². The monoisotopic (exact) mass is 472 g/mol. The SMILES string of the molecule is Cc1cccc(N(C(=O)Cc2cccs2)[C@H](C(=O)NCc2ccccc2)c2ccc(F)cc2)c1. The molecule has 4 aromatic rings. The molecule has 0 saturated carbocycles. The largest absolute Gasteiger partial charge is 0.350 e. The third-order valence-electron chi connectivity index (χ3n) is 5.46. The number of thiophene rings is 1. The molecule has 0 spiro atoms. The van der Waals surface area contributed by atoms with Crippen LogP contribution in [0.25, 0.3) is 0 Å². The molecule has 4 nitrogen and oxygen atoms in total. The van der Waals surface area contributed by atoms with Gasteiger partial charge in [0.1, 0.15) is 11.9 Å². The molecule has 0 aliphatic rings. The summed E-state index contributed by atoms with van der Waals surface area (Å²) in [5.74, 6) is -0.951. The van der Waals surface area contributed by atoms with Crippen molar-refractivity contribution < 1.29 is 14.0 Å². The molecule has 3 aromatic carbocycles. The second-order valence-corrected chi connectivity index (χ2v) is 9.05. The number of halogens is 1. The predicted octanol–water partition coefficient (Wildman–Crippen LogP) is 5.83. The van der Waals surface area contributed by atoms with Crippen molar-refractivity contribution in [2.75, 3.05) is 4.90 Å². The van der Waals surface area contributed by atoms with Crippen LogP contribution in [-0.2, 0) is 22.6 Å². The van der Waals surface area contributed by atoms with Crippen molar-refractivity contribution in [1.29, 1.82) is 0 Å². The van der Waals surface area contributed by atoms with Gasteiger partial charge in [0.15, 0.2) is 0 Å². The minimum atomic E-state index is -0.960. The molecule has 6 heteroatoms. The molecule has 0 aliphatic heterocycles. The molecule has 34 heavy (non-hydrogen) atoms. The Morgan fingerprint density at radius 2 is 1.71 bits per heavy atom. The quantitative estimate of drug-likeness (QED) is 0.351. The number of nitrogens with one attached hydrogen (secondary N) is 1. The van der Waals surface area contributed by atoms with Crippen molar-refractivity contribution in [2.45, 2.75) is 25.9 Å². The number of hydrogen-bond donors (Lipinski definition) is 1. The van der Waals surface area contributed by atoms with Gasteiger partial charge in [0.2, 0.25) is 11.8 Å². The zero-order chi connectivity index (χ0) is 23.9. The maximum atomic E-state index is 13.7. The highest BCUT2D eigenvalue weighted by Gasteiger charge is 2.33. The van der Waals surface area contributed by atoms with Crippen LogP contribution in [0.3, 0.4) is 0 Å². The number of benzene rings is 3. The number of rotatable bonds is 8. The molecule has 1 atom stereocenters. The summed E-state index contributed by atoms with van der Waals surface area (Å²) in [5.41, 5.74) is 3.06. The summed E-state index contributed by atoms with van der Waals surface area (Å²) in [7, 11) is 0. The van der Waals surface area contributed by atoms with Crippen molar-refractivity contribution in [1.82, 2.24) is 5.32 Å². The van der Waals surface area contributed by atoms with E-state index in [2.05, 4.69) is 5.32 Å². The lowest BCUT2D eigenvalue weighted by Crippen LogP contribution is -2.44. The molecule has 0 radical (unpaired) electrons. The van der Waals surface area contributed by atoms with Gasteiger partial charge in [-0.05, 0) is 59.3 Å². The van der Waals surface area contributed by atoms with E-state index in [0.29, 0.717) is 17.8 Å². The lowest BCUT2D eigenvalue weighted by Gasteiger charge is -2.32. The average Bonchev–Trinajstić information content (AvgIpc) is 3.35. The van der Waals surface area contributed by atoms with Crippen molar-refractivity contribution in [2.24, 2.45) is 0 Å². The molecule has 0 bridgehead atoms. The lowest BCUT2D eigenvalue weighted by atomic mass is 10.0. The molecule has 1 heterocycles. The highest BCUT2D eigenvalue weighted by molar-refractivity contribution is 7.10. The van der Waals surface area contributed by atoms with Gasteiger partial charge in [-0.2, -0.15) is 0 Å². The van der Waals surface area contributed by atoms with Crippen LogP contribution in [0.15, 0.2) is 96.4 Å². The standard InChI is InChI=1S/C28H25FN2O2S/c1-20-7-5-10-24(17-20)31(26(32)18-25-11-6-16-34-25)27(22-12-14-23(29)15-13-22)28(33)30-19-21-8-3-2-4-9-21/h2-17,27H,18-19H2,1H3,(H,30,33)/t27-/m0/s1. The van der Waals surface area contributed by atoms with E-state index in [9.17, 15) is 14.0 Å². The normalized spacial score (nSPS) is 11.6. The summed E-state index contributed by atoms with van der Waals surface area (Å²) in [6, 6.07) is 25.7. The van der Waals surface area contributed by atoms with E-state index in [1.54, 1.807) is 12.1 Å². The fourth-order valence-electron chi connectivity index (χ4n) is 3.81. The van der Waals surface area contributed by atoms with Gasteiger partial charge in [0, 0.05) is 17.1 Å². The molecule has 0 aliphatic carbocycles. The number of aryl methyl sites for hydroxylation is 1. The van der Waals surface area contributed by atoms with Gasteiger partial charge in [-0.15, -0.1) is 11.3 Å². The van der Waals surface area contributed by atoms with Gasteiger partial charge >= 0.3 is 0 Å². The highest BCUT2D eigenvalue weighted by Crippen LogP contribution is 2.30. The Hall–Kier alpha value is -3.77. The van der Waals surface area contributed by atoms with E-state index in [-0.39, 0.29) is 18.2 Å². The number of anilines is 1. The highest BCUT2D eigenvalue weighted by atomic mass is 32.1. The minimum absolute atomic E-state index is 0.162. The Morgan fingerprint density at radius 3 is 2.38 bits per heavy atom. The van der Waals surface area contributed by atoms with Gasteiger partial charge in [0.05, 0.1) is 6.42 Å². The second-order valence-electron chi connectivity index (χ2n) is 8.02. The zero-order valence-electron chi connectivity index (χ0n) is 18.8. The predicted molar refractivity (Wildman–Crippen MR) is 134 cm³/mol. The molecule has 4 rings (SSSR count). The number of carbonyl (C=O) groups is 2. The number of hydrogen-bond acceptors (Lipinski definition) is 3. The van der Waals surface area contributed by atoms with Gasteiger partial charge in [-0.25, -0.2) is 4.39 Å². The van der Waals surface area contributed by atoms with Crippen LogP contribution >= 0.6 is 11.3 Å². The summed E-state index contributed by atoms with van der Waals surface area (Å²) < 4.78 is 13.7. The molecule has 0 unspecified atom stereocenters. The third-order valence-corrected chi connectivity index (χ3v) is 6.33. The number of amides is 2. The molecule has 0 fully saturated rings. The topological polar surface area (TPSA) is 49.4 Å². The maximum Gasteiger partial charge on any atom is 0.248 e. The van der Waals surface area contributed by atoms with E-state index in [1.807, 2.05) is 79.0 Å². The first kappa shape index (κ1) is 23.4. The van der Waals surface area contributed by atoms with Crippen molar-refractivity contribution in [3.63, 3.8) is 0 Å². The fraction of sp³-hybridized carbons (Fsp3) is 0.143. The maximum absolute atomic E-state index is 13.7. The summed E-state index contributed by atoms with van der Waals surface area (Å²) >= 11 is 1.49. The first-order valence-corrected chi connectivity index (χ1v) is 11.9. The van der Waals surface area contributed by atoms with Gasteiger partial charge in [0.25, 0.3) is 0 Å². The smallest absolute Gasteiger partial charge is 0.248 e. The van der Waals surface area contributed by atoms with Crippen LogP contribution in [0.2, 0.25) is 0 Å². The molecular formula is C28H25FN2O2S. The van der Waals surface area contributed by atoms with E-state index < -0.39 is 11.9 Å².